The molecule has 2 aliphatic heterocycles. The summed E-state index contributed by atoms with van der Waals surface area (Å²) in [6.45, 7) is 1.76. The Labute approximate surface area is 221 Å². The van der Waals surface area contributed by atoms with E-state index in [1.165, 1.54) is 24.3 Å². The normalized spacial score (nSPS) is 17.4. The predicted molar refractivity (Wildman–Crippen MR) is 141 cm³/mol. The van der Waals surface area contributed by atoms with Gasteiger partial charge in [-0.25, -0.2) is 14.6 Å². The number of esters is 2. The molecular formula is C29H21N3O7. The Morgan fingerprint density at radius 2 is 2.00 bits per heavy atom. The summed E-state index contributed by atoms with van der Waals surface area (Å²) in [5.41, 5.74) is 1.44. The van der Waals surface area contributed by atoms with E-state index in [1.54, 1.807) is 23.6 Å². The number of nitro groups is 1. The summed E-state index contributed by atoms with van der Waals surface area (Å²) in [4.78, 5) is 55.0. The number of cyclic esters (lactones) is 1. The zero-order chi connectivity index (χ0) is 27.3. The van der Waals surface area contributed by atoms with Gasteiger partial charge in [0.2, 0.25) is 5.60 Å². The summed E-state index contributed by atoms with van der Waals surface area (Å²) in [6, 6.07) is 17.1. The van der Waals surface area contributed by atoms with Gasteiger partial charge in [-0.05, 0) is 36.3 Å². The number of non-ortho nitro benzene ring substituents is 1. The first-order valence-electron chi connectivity index (χ1n) is 12.3. The lowest BCUT2D eigenvalue weighted by atomic mass is 9.85. The third-order valence-corrected chi connectivity index (χ3v) is 7.15. The molecule has 194 valence electrons. The monoisotopic (exact) mass is 523 g/mol. The van der Waals surface area contributed by atoms with Crippen molar-refractivity contribution in [1.82, 2.24) is 9.55 Å². The predicted octanol–water partition coefficient (Wildman–Crippen LogP) is 4.25. The molecule has 0 N–H and O–H groups in total. The fraction of sp³-hybridized carbons (Fsp3) is 0.172. The van der Waals surface area contributed by atoms with Crippen LogP contribution < -0.4 is 5.56 Å². The average Bonchev–Trinajstić information content (AvgIpc) is 3.30. The summed E-state index contributed by atoms with van der Waals surface area (Å²) in [6.07, 6.45) is 2.47. The molecule has 4 aromatic rings. The Kier molecular flexibility index (Phi) is 5.60. The molecule has 4 heterocycles. The highest BCUT2D eigenvalue weighted by Crippen LogP contribution is 2.41. The Bertz CT molecular complexity index is 1810. The number of ether oxygens (including phenoxy) is 2. The molecule has 0 aliphatic carbocycles. The topological polar surface area (TPSA) is 131 Å². The summed E-state index contributed by atoms with van der Waals surface area (Å²) >= 11 is 0. The highest BCUT2D eigenvalue weighted by Gasteiger charge is 2.50. The minimum Gasteiger partial charge on any atom is -0.457 e. The number of benzene rings is 2. The van der Waals surface area contributed by atoms with Gasteiger partial charge in [-0.15, -0.1) is 0 Å². The van der Waals surface area contributed by atoms with Crippen LogP contribution in [-0.2, 0) is 37.8 Å². The van der Waals surface area contributed by atoms with Gasteiger partial charge in [0.25, 0.3) is 11.2 Å². The molecule has 10 nitrogen and oxygen atoms in total. The number of hydrogen-bond donors (Lipinski definition) is 0. The average molecular weight is 524 g/mol. The van der Waals surface area contributed by atoms with Crippen LogP contribution in [-0.4, -0.2) is 26.4 Å². The lowest BCUT2D eigenvalue weighted by Crippen LogP contribution is -2.47. The maximum absolute atomic E-state index is 13.6. The third-order valence-electron chi connectivity index (χ3n) is 7.15. The molecule has 0 spiro atoms. The van der Waals surface area contributed by atoms with E-state index in [9.17, 15) is 24.5 Å². The molecule has 2 aromatic heterocycles. The van der Waals surface area contributed by atoms with E-state index in [-0.39, 0.29) is 35.4 Å². The van der Waals surface area contributed by atoms with Crippen LogP contribution in [0.2, 0.25) is 0 Å². The molecule has 2 aromatic carbocycles. The second-order valence-corrected chi connectivity index (χ2v) is 9.37. The van der Waals surface area contributed by atoms with Gasteiger partial charge in [-0.2, -0.15) is 0 Å². The summed E-state index contributed by atoms with van der Waals surface area (Å²) < 4.78 is 12.7. The zero-order valence-electron chi connectivity index (χ0n) is 20.7. The lowest BCUT2D eigenvalue weighted by Gasteiger charge is -2.35. The van der Waals surface area contributed by atoms with Gasteiger partial charge in [-0.1, -0.05) is 37.3 Å². The molecule has 0 radical (unpaired) electrons. The van der Waals surface area contributed by atoms with Gasteiger partial charge < -0.3 is 14.0 Å². The maximum Gasteiger partial charge on any atom is 0.355 e. The van der Waals surface area contributed by atoms with Gasteiger partial charge in [0.05, 0.1) is 33.9 Å². The number of nitro benzene ring substituents is 1. The van der Waals surface area contributed by atoms with Crippen LogP contribution in [0.1, 0.15) is 35.6 Å². The zero-order valence-corrected chi connectivity index (χ0v) is 20.7. The van der Waals surface area contributed by atoms with E-state index in [0.717, 1.165) is 22.5 Å². The smallest absolute Gasteiger partial charge is 0.355 e. The largest absolute Gasteiger partial charge is 0.457 e. The molecular weight excluding hydrogens is 502 g/mol. The molecule has 2 aliphatic rings. The van der Waals surface area contributed by atoms with Crippen molar-refractivity contribution in [3.8, 4) is 11.4 Å². The van der Waals surface area contributed by atoms with Gasteiger partial charge in [-0.3, -0.25) is 14.9 Å². The van der Waals surface area contributed by atoms with Gasteiger partial charge in [0.15, 0.2) is 0 Å². The SMILES string of the molecule is CC[C@@]1(OC(=O)/C=C/c2cccc([N+](=O)[O-])c2)C(=O)OCc2c1cc1n(c2=O)Cc2cc3ccccc3nc2-1. The van der Waals surface area contributed by atoms with Crippen LogP contribution in [0.4, 0.5) is 5.69 Å². The minimum atomic E-state index is -1.84. The minimum absolute atomic E-state index is 0.0239. The van der Waals surface area contributed by atoms with Crippen molar-refractivity contribution in [2.24, 2.45) is 0 Å². The van der Waals surface area contributed by atoms with Crippen LogP contribution in [0.25, 0.3) is 28.4 Å². The van der Waals surface area contributed by atoms with E-state index < -0.39 is 22.5 Å². The molecule has 0 saturated heterocycles. The summed E-state index contributed by atoms with van der Waals surface area (Å²) in [5.74, 6) is -1.64. The lowest BCUT2D eigenvalue weighted by molar-refractivity contribution is -0.384. The number of fused-ring (bicyclic) bond motifs is 5. The Balaban J connectivity index is 1.41. The highest BCUT2D eigenvalue weighted by atomic mass is 16.6. The second kappa shape index (κ2) is 9.02. The summed E-state index contributed by atoms with van der Waals surface area (Å²) in [5, 5.41) is 12.0. The van der Waals surface area contributed by atoms with Crippen LogP contribution in [0.3, 0.4) is 0 Å². The molecule has 39 heavy (non-hydrogen) atoms. The fourth-order valence-electron chi connectivity index (χ4n) is 5.19. The molecule has 0 bridgehead atoms. The van der Waals surface area contributed by atoms with Crippen molar-refractivity contribution in [2.45, 2.75) is 32.1 Å². The summed E-state index contributed by atoms with van der Waals surface area (Å²) in [7, 11) is 0. The number of carbonyl (C=O) groups is 2. The number of hydrogen-bond acceptors (Lipinski definition) is 8. The quantitative estimate of drug-likeness (QED) is 0.145. The fourth-order valence-corrected chi connectivity index (χ4v) is 5.19. The molecule has 0 saturated carbocycles. The third kappa shape index (κ3) is 3.88. The number of rotatable bonds is 5. The van der Waals surface area contributed by atoms with E-state index in [1.807, 2.05) is 30.3 Å². The van der Waals surface area contributed by atoms with Crippen LogP contribution in [0.15, 0.2) is 71.5 Å². The van der Waals surface area contributed by atoms with Gasteiger partial charge in [0.1, 0.15) is 6.61 Å². The van der Waals surface area contributed by atoms with E-state index in [2.05, 4.69) is 0 Å². The highest BCUT2D eigenvalue weighted by molar-refractivity contribution is 5.92. The van der Waals surface area contributed by atoms with Gasteiger partial charge >= 0.3 is 11.9 Å². The number of para-hydroxylation sites is 1. The van der Waals surface area contributed by atoms with E-state index in [0.29, 0.717) is 23.5 Å². The molecule has 0 amide bonds. The van der Waals surface area contributed by atoms with Crippen LogP contribution in [0.5, 0.6) is 0 Å². The van der Waals surface area contributed by atoms with Crippen molar-refractivity contribution in [3.05, 3.63) is 109 Å². The molecule has 1 atom stereocenters. The Morgan fingerprint density at radius 1 is 1.18 bits per heavy atom. The maximum atomic E-state index is 13.6. The number of pyridine rings is 2. The van der Waals surface area contributed by atoms with Crippen LogP contribution in [0, 0.1) is 10.1 Å². The standard InChI is InChI=1S/C29H21N3O7/c1-2-29(39-25(33)11-10-17-6-5-8-20(12-17)32(36)37)22-14-24-26-19(13-18-7-3-4-9-23(18)30-26)15-31(24)27(34)21(22)16-38-28(29)35/h3-14H,2,15-16H2,1H3/b11-10+/t29-/m0/s1. The molecule has 0 unspecified atom stereocenters. The van der Waals surface area contributed by atoms with Crippen molar-refractivity contribution in [2.75, 3.05) is 0 Å². The van der Waals surface area contributed by atoms with Crippen molar-refractivity contribution < 1.29 is 24.0 Å². The Hall–Kier alpha value is -5.12. The van der Waals surface area contributed by atoms with Crippen LogP contribution >= 0.6 is 0 Å². The van der Waals surface area contributed by atoms with E-state index >= 15 is 0 Å². The first-order chi connectivity index (χ1) is 18.8. The molecule has 0 fully saturated rings. The Morgan fingerprint density at radius 3 is 2.79 bits per heavy atom. The molecule has 10 heteroatoms. The first-order valence-corrected chi connectivity index (χ1v) is 12.3. The molecule has 6 rings (SSSR count). The number of nitrogens with zero attached hydrogens (tertiary/aromatic N) is 3. The van der Waals surface area contributed by atoms with E-state index in [4.69, 9.17) is 14.5 Å². The number of carbonyl (C=O) groups excluding carboxylic acids is 2. The van der Waals surface area contributed by atoms with Crippen molar-refractivity contribution in [1.29, 1.82) is 0 Å². The first kappa shape index (κ1) is 24.2. The second-order valence-electron chi connectivity index (χ2n) is 9.37. The van der Waals surface area contributed by atoms with Crippen molar-refractivity contribution >= 4 is 34.6 Å². The van der Waals surface area contributed by atoms with Gasteiger partial charge in [0, 0.05) is 34.7 Å². The van der Waals surface area contributed by atoms with Crippen molar-refractivity contribution in [3.63, 3.8) is 0 Å². The number of aromatic nitrogens is 2.